The van der Waals surface area contributed by atoms with Gasteiger partial charge in [-0.1, -0.05) is 0 Å². The Bertz CT molecular complexity index is 351. The highest BCUT2D eigenvalue weighted by Gasteiger charge is 2.48. The van der Waals surface area contributed by atoms with E-state index >= 15 is 0 Å². The van der Waals surface area contributed by atoms with E-state index in [4.69, 9.17) is 19.3 Å². The summed E-state index contributed by atoms with van der Waals surface area (Å²) in [6, 6.07) is 0. The fourth-order valence-corrected chi connectivity index (χ4v) is 2.40. The van der Waals surface area contributed by atoms with Gasteiger partial charge in [-0.25, -0.2) is 0 Å². The Labute approximate surface area is 126 Å². The topological polar surface area (TPSA) is 169 Å². The molecule has 22 heavy (non-hydrogen) atoms. The van der Waals surface area contributed by atoms with Crippen LogP contribution >= 0.6 is 0 Å². The highest BCUT2D eigenvalue weighted by Crippen LogP contribution is 2.27. The van der Waals surface area contributed by atoms with Crippen LogP contribution in [0.5, 0.6) is 0 Å². The van der Waals surface area contributed by atoms with Crippen LogP contribution in [-0.4, -0.2) is 104 Å². The Morgan fingerprint density at radius 1 is 0.818 bits per heavy atom. The van der Waals surface area contributed by atoms with Crippen LogP contribution in [0.4, 0.5) is 0 Å². The summed E-state index contributed by atoms with van der Waals surface area (Å²) in [5.41, 5.74) is 0. The van der Waals surface area contributed by atoms with Crippen molar-refractivity contribution in [1.29, 1.82) is 0 Å². The molecule has 2 rings (SSSR count). The molecule has 2 aliphatic rings. The van der Waals surface area contributed by atoms with Crippen molar-refractivity contribution in [3.8, 4) is 0 Å². The van der Waals surface area contributed by atoms with Gasteiger partial charge in [0.1, 0.15) is 55.4 Å². The largest absolute Gasteiger partial charge is 0.394 e. The Kier molecular flexibility index (Phi) is 6.07. The van der Waals surface area contributed by atoms with Gasteiger partial charge in [0.05, 0.1) is 13.2 Å². The lowest BCUT2D eigenvalue weighted by Gasteiger charge is -2.44. The maximum atomic E-state index is 9.90. The van der Waals surface area contributed by atoms with Crippen molar-refractivity contribution in [2.75, 3.05) is 13.2 Å². The molecule has 2 fully saturated rings. The normalized spacial score (nSPS) is 50.0. The summed E-state index contributed by atoms with van der Waals surface area (Å²) in [5.74, 6) is 0. The second kappa shape index (κ2) is 7.45. The molecule has 2 heterocycles. The molecule has 10 heteroatoms. The molecule has 0 aliphatic carbocycles. The van der Waals surface area contributed by atoms with Gasteiger partial charge in [0.15, 0.2) is 6.29 Å². The molecule has 0 aromatic heterocycles. The van der Waals surface area contributed by atoms with E-state index in [1.54, 1.807) is 0 Å². The maximum Gasteiger partial charge on any atom is 0.187 e. The molecule has 0 saturated carbocycles. The van der Waals surface area contributed by atoms with Crippen LogP contribution in [0.3, 0.4) is 0 Å². The summed E-state index contributed by atoms with van der Waals surface area (Å²) >= 11 is 0. The van der Waals surface area contributed by atoms with E-state index in [-0.39, 0.29) is 0 Å². The second-order valence-corrected chi connectivity index (χ2v) is 5.27. The number of hydrogen-bond donors (Lipinski definition) is 7. The van der Waals surface area contributed by atoms with Gasteiger partial charge in [0, 0.05) is 0 Å². The predicted octanol–water partition coefficient (Wildman–Crippen LogP) is -4.55. The number of aliphatic hydroxyl groups is 7. The zero-order valence-electron chi connectivity index (χ0n) is 11.5. The molecule has 9 atom stereocenters. The third-order valence-electron chi connectivity index (χ3n) is 3.77. The van der Waals surface area contributed by atoms with Crippen LogP contribution in [0.2, 0.25) is 0 Å². The van der Waals surface area contributed by atoms with E-state index < -0.39 is 68.3 Å². The Morgan fingerprint density at radius 3 is 2.05 bits per heavy atom. The van der Waals surface area contributed by atoms with E-state index in [1.165, 1.54) is 0 Å². The molecule has 2 aliphatic heterocycles. The summed E-state index contributed by atoms with van der Waals surface area (Å²) in [6.07, 6.45) is -12.6. The lowest BCUT2D eigenvalue weighted by atomic mass is 9.97. The van der Waals surface area contributed by atoms with Crippen molar-refractivity contribution < 1.29 is 50.0 Å². The van der Waals surface area contributed by atoms with Crippen molar-refractivity contribution in [2.24, 2.45) is 0 Å². The standard InChI is InChI=1S/C12H21O10/c13-1-5-8(17)9(18)10(19)12(21-5)22-11-6(2-14)20-3-4(15)7(11)16/h3-19H,1-2H2/t4-,5+,6+,7+,8+,9-,10+,11+,12+/m0/s1. The maximum absolute atomic E-state index is 9.90. The average molecular weight is 325 g/mol. The van der Waals surface area contributed by atoms with Gasteiger partial charge in [0.2, 0.25) is 0 Å². The van der Waals surface area contributed by atoms with Crippen LogP contribution < -0.4 is 0 Å². The van der Waals surface area contributed by atoms with Crippen molar-refractivity contribution in [3.05, 3.63) is 6.61 Å². The molecular weight excluding hydrogens is 304 g/mol. The molecular formula is C12H21O10. The summed E-state index contributed by atoms with van der Waals surface area (Å²) < 4.78 is 15.4. The SMILES string of the molecule is OC[C@H]1O[C@H](O[C@H]2[C@H](O)[C@@H](O)[CH]O[C@@H]2CO)[C@H](O)[C@@H](O)[C@@H]1O. The molecule has 0 aromatic rings. The fourth-order valence-electron chi connectivity index (χ4n) is 2.40. The number of rotatable bonds is 4. The highest BCUT2D eigenvalue weighted by atomic mass is 16.7. The molecule has 129 valence electrons. The van der Waals surface area contributed by atoms with Crippen LogP contribution in [0.25, 0.3) is 0 Å². The van der Waals surface area contributed by atoms with Gasteiger partial charge >= 0.3 is 0 Å². The first-order valence-corrected chi connectivity index (χ1v) is 6.82. The van der Waals surface area contributed by atoms with Crippen LogP contribution in [-0.2, 0) is 14.2 Å². The molecule has 0 aromatic carbocycles. The van der Waals surface area contributed by atoms with Gasteiger partial charge < -0.3 is 50.0 Å². The van der Waals surface area contributed by atoms with Gasteiger partial charge in [-0.05, 0) is 0 Å². The zero-order chi connectivity index (χ0) is 16.4. The summed E-state index contributed by atoms with van der Waals surface area (Å²) in [7, 11) is 0. The van der Waals surface area contributed by atoms with E-state index in [9.17, 15) is 30.6 Å². The molecule has 7 N–H and O–H groups in total. The molecule has 0 amide bonds. The van der Waals surface area contributed by atoms with Crippen molar-refractivity contribution in [3.63, 3.8) is 0 Å². The van der Waals surface area contributed by atoms with E-state index in [0.717, 1.165) is 6.61 Å². The van der Waals surface area contributed by atoms with Crippen molar-refractivity contribution in [2.45, 2.75) is 55.1 Å². The molecule has 1 radical (unpaired) electrons. The number of ether oxygens (including phenoxy) is 3. The quantitative estimate of drug-likeness (QED) is 0.267. The first-order chi connectivity index (χ1) is 10.4. The van der Waals surface area contributed by atoms with Crippen LogP contribution in [0.1, 0.15) is 0 Å². The molecule has 0 unspecified atom stereocenters. The number of hydrogen-bond acceptors (Lipinski definition) is 10. The van der Waals surface area contributed by atoms with Crippen molar-refractivity contribution >= 4 is 0 Å². The van der Waals surface area contributed by atoms with Gasteiger partial charge in [0.25, 0.3) is 0 Å². The van der Waals surface area contributed by atoms with E-state index in [2.05, 4.69) is 0 Å². The van der Waals surface area contributed by atoms with Gasteiger partial charge in [-0.3, -0.25) is 0 Å². The Morgan fingerprint density at radius 2 is 1.45 bits per heavy atom. The van der Waals surface area contributed by atoms with E-state index in [1.807, 2.05) is 0 Å². The minimum Gasteiger partial charge on any atom is -0.394 e. The summed E-state index contributed by atoms with van der Waals surface area (Å²) in [4.78, 5) is 0. The molecule has 0 bridgehead atoms. The fraction of sp³-hybridized carbons (Fsp3) is 0.917. The average Bonchev–Trinajstić information content (AvgIpc) is 2.52. The van der Waals surface area contributed by atoms with Crippen molar-refractivity contribution in [1.82, 2.24) is 0 Å². The third kappa shape index (κ3) is 3.41. The van der Waals surface area contributed by atoms with E-state index in [0.29, 0.717) is 0 Å². The first-order valence-electron chi connectivity index (χ1n) is 6.82. The second-order valence-electron chi connectivity index (χ2n) is 5.27. The minimum atomic E-state index is -1.66. The lowest BCUT2D eigenvalue weighted by molar-refractivity contribution is -0.333. The smallest absolute Gasteiger partial charge is 0.187 e. The lowest BCUT2D eigenvalue weighted by Crippen LogP contribution is -2.62. The zero-order valence-corrected chi connectivity index (χ0v) is 11.5. The molecule has 2 saturated heterocycles. The Hall–Kier alpha value is -0.400. The first kappa shape index (κ1) is 17.9. The minimum absolute atomic E-state index is 0.539. The predicted molar refractivity (Wildman–Crippen MR) is 66.9 cm³/mol. The highest BCUT2D eigenvalue weighted by molar-refractivity contribution is 4.95. The molecule has 10 nitrogen and oxygen atoms in total. The monoisotopic (exact) mass is 325 g/mol. The van der Waals surface area contributed by atoms with Gasteiger partial charge in [-0.15, -0.1) is 0 Å². The van der Waals surface area contributed by atoms with Crippen LogP contribution in [0.15, 0.2) is 0 Å². The summed E-state index contributed by atoms with van der Waals surface area (Å²) in [5, 5.41) is 66.9. The molecule has 0 spiro atoms. The van der Waals surface area contributed by atoms with Crippen LogP contribution in [0, 0.1) is 6.61 Å². The Balaban J connectivity index is 2.09. The summed E-state index contributed by atoms with van der Waals surface area (Å²) in [6.45, 7) is -0.227. The number of aliphatic hydroxyl groups excluding tert-OH is 7. The van der Waals surface area contributed by atoms with Gasteiger partial charge in [-0.2, -0.15) is 0 Å². The third-order valence-corrected chi connectivity index (χ3v) is 3.77.